The molecule has 3 nitrogen and oxygen atoms in total. The van der Waals surface area contributed by atoms with E-state index in [1.54, 1.807) is 0 Å². The predicted octanol–water partition coefficient (Wildman–Crippen LogP) is 2.48. The maximum Gasteiger partial charge on any atom is 0.136 e. The van der Waals surface area contributed by atoms with Gasteiger partial charge in [0.05, 0.1) is 5.69 Å². The summed E-state index contributed by atoms with van der Waals surface area (Å²) in [5.74, 6) is 0.457. The third kappa shape index (κ3) is 2.32. The minimum atomic E-state index is 0.457. The molecule has 2 saturated heterocycles. The van der Waals surface area contributed by atoms with Gasteiger partial charge in [-0.3, -0.25) is 14.7 Å². The molecule has 1 aromatic heterocycles. The zero-order valence-electron chi connectivity index (χ0n) is 10.9. The molecule has 96 valence electrons. The van der Waals surface area contributed by atoms with Crippen LogP contribution in [0.5, 0.6) is 0 Å². The Labute approximate surface area is 108 Å². The summed E-state index contributed by atoms with van der Waals surface area (Å²) in [7, 11) is 0. The van der Waals surface area contributed by atoms with Gasteiger partial charge in [-0.05, 0) is 31.9 Å². The van der Waals surface area contributed by atoms with Crippen molar-refractivity contribution >= 4 is 5.78 Å². The Balaban J connectivity index is 1.77. The van der Waals surface area contributed by atoms with E-state index in [-0.39, 0.29) is 0 Å². The lowest BCUT2D eigenvalue weighted by atomic mass is 9.83. The Hall–Kier alpha value is -1.22. The van der Waals surface area contributed by atoms with E-state index in [1.165, 1.54) is 19.3 Å². The van der Waals surface area contributed by atoms with Crippen LogP contribution in [-0.4, -0.2) is 27.8 Å². The van der Waals surface area contributed by atoms with Crippen LogP contribution < -0.4 is 0 Å². The molecule has 0 amide bonds. The van der Waals surface area contributed by atoms with Crippen LogP contribution in [0.25, 0.3) is 0 Å². The summed E-state index contributed by atoms with van der Waals surface area (Å²) in [4.78, 5) is 18.8. The summed E-state index contributed by atoms with van der Waals surface area (Å²) in [6, 6.07) is 7.13. The highest BCUT2D eigenvalue weighted by Gasteiger charge is 2.37. The highest BCUT2D eigenvalue weighted by atomic mass is 16.1. The third-order valence-corrected chi connectivity index (χ3v) is 4.23. The maximum absolute atomic E-state index is 11.7. The molecule has 3 heteroatoms. The first-order valence-corrected chi connectivity index (χ1v) is 6.92. The molecule has 3 heterocycles. The molecule has 1 aromatic rings. The normalized spacial score (nSPS) is 28.4. The molecule has 0 aliphatic carbocycles. The highest BCUT2D eigenvalue weighted by molar-refractivity contribution is 5.80. The van der Waals surface area contributed by atoms with Crippen LogP contribution >= 0.6 is 0 Å². The molecule has 3 rings (SSSR count). The number of carbonyl (C=O) groups is 1. The predicted molar refractivity (Wildman–Crippen MR) is 70.2 cm³/mol. The Morgan fingerprint density at radius 2 is 2.00 bits per heavy atom. The largest absolute Gasteiger partial charge is 0.300 e. The topological polar surface area (TPSA) is 33.2 Å². The Morgan fingerprint density at radius 1 is 1.28 bits per heavy atom. The van der Waals surface area contributed by atoms with Gasteiger partial charge < -0.3 is 0 Å². The van der Waals surface area contributed by atoms with Crippen molar-refractivity contribution in [2.24, 2.45) is 0 Å². The number of nitrogens with zero attached hydrogens (tertiary/aromatic N) is 2. The molecule has 2 aliphatic heterocycles. The molecule has 0 spiro atoms. The standard InChI is InChI=1S/C15H20N2O/c1-11-4-2-5-12(16-11)10-17-13-6-3-7-14(17)9-15(18)8-13/h2,4-5,13-14H,3,6-10H2,1H3. The lowest BCUT2D eigenvalue weighted by Gasteiger charge is -2.45. The molecule has 0 radical (unpaired) electrons. The van der Waals surface area contributed by atoms with Gasteiger partial charge in [0.1, 0.15) is 5.78 Å². The van der Waals surface area contributed by atoms with E-state index < -0.39 is 0 Å². The van der Waals surface area contributed by atoms with Crippen LogP contribution in [0.1, 0.15) is 43.5 Å². The van der Waals surface area contributed by atoms with Crippen molar-refractivity contribution in [1.29, 1.82) is 0 Å². The average molecular weight is 244 g/mol. The van der Waals surface area contributed by atoms with E-state index in [0.29, 0.717) is 17.9 Å². The molecule has 2 aliphatic rings. The summed E-state index contributed by atoms with van der Waals surface area (Å²) < 4.78 is 0. The molecule has 2 fully saturated rings. The van der Waals surface area contributed by atoms with Crippen molar-refractivity contribution in [3.63, 3.8) is 0 Å². The van der Waals surface area contributed by atoms with Gasteiger partial charge in [-0.2, -0.15) is 0 Å². The first kappa shape index (κ1) is 11.8. The first-order chi connectivity index (χ1) is 8.72. The number of ketones is 1. The minimum absolute atomic E-state index is 0.457. The zero-order chi connectivity index (χ0) is 12.5. The lowest BCUT2D eigenvalue weighted by molar-refractivity contribution is -0.127. The summed E-state index contributed by atoms with van der Waals surface area (Å²) in [6.45, 7) is 2.94. The maximum atomic E-state index is 11.7. The smallest absolute Gasteiger partial charge is 0.136 e. The van der Waals surface area contributed by atoms with E-state index in [2.05, 4.69) is 22.0 Å². The number of carbonyl (C=O) groups excluding carboxylic acids is 1. The number of aryl methyl sites for hydroxylation is 1. The minimum Gasteiger partial charge on any atom is -0.300 e. The molecule has 0 saturated carbocycles. The number of aromatic nitrogens is 1. The van der Waals surface area contributed by atoms with Crippen molar-refractivity contribution in [2.75, 3.05) is 0 Å². The van der Waals surface area contributed by atoms with E-state index in [1.807, 2.05) is 13.0 Å². The van der Waals surface area contributed by atoms with Crippen molar-refractivity contribution in [3.05, 3.63) is 29.6 Å². The fourth-order valence-electron chi connectivity index (χ4n) is 3.40. The van der Waals surface area contributed by atoms with Crippen LogP contribution in [0.3, 0.4) is 0 Å². The van der Waals surface area contributed by atoms with E-state index in [0.717, 1.165) is 30.8 Å². The van der Waals surface area contributed by atoms with Crippen LogP contribution in [0, 0.1) is 6.92 Å². The molecule has 0 aromatic carbocycles. The second-order valence-corrected chi connectivity index (χ2v) is 5.63. The van der Waals surface area contributed by atoms with Gasteiger partial charge in [0.25, 0.3) is 0 Å². The third-order valence-electron chi connectivity index (χ3n) is 4.23. The van der Waals surface area contributed by atoms with Crippen LogP contribution in [-0.2, 0) is 11.3 Å². The summed E-state index contributed by atoms with van der Waals surface area (Å²) in [6.07, 6.45) is 5.13. The van der Waals surface area contributed by atoms with Gasteiger partial charge >= 0.3 is 0 Å². The number of Topliss-reactive ketones (excluding diaryl/α,β-unsaturated/α-hetero) is 1. The molecule has 2 bridgehead atoms. The zero-order valence-corrected chi connectivity index (χ0v) is 10.9. The van der Waals surface area contributed by atoms with Gasteiger partial charge in [0.15, 0.2) is 0 Å². The van der Waals surface area contributed by atoms with Crippen LogP contribution in [0.2, 0.25) is 0 Å². The van der Waals surface area contributed by atoms with E-state index in [9.17, 15) is 4.79 Å². The lowest BCUT2D eigenvalue weighted by Crippen LogP contribution is -2.51. The van der Waals surface area contributed by atoms with Crippen LogP contribution in [0.15, 0.2) is 18.2 Å². The average Bonchev–Trinajstić information content (AvgIpc) is 2.30. The summed E-state index contributed by atoms with van der Waals surface area (Å²) >= 11 is 0. The van der Waals surface area contributed by atoms with Crippen molar-refractivity contribution < 1.29 is 4.79 Å². The quantitative estimate of drug-likeness (QED) is 0.801. The Bertz CT molecular complexity index is 442. The van der Waals surface area contributed by atoms with E-state index >= 15 is 0 Å². The molecular weight excluding hydrogens is 224 g/mol. The molecule has 2 unspecified atom stereocenters. The van der Waals surface area contributed by atoms with Gasteiger partial charge in [0, 0.05) is 37.2 Å². The molecule has 0 N–H and O–H groups in total. The number of hydrogen-bond acceptors (Lipinski definition) is 3. The number of piperidine rings is 2. The Kier molecular flexibility index (Phi) is 3.16. The number of rotatable bonds is 2. The van der Waals surface area contributed by atoms with Gasteiger partial charge in [-0.1, -0.05) is 12.5 Å². The summed E-state index contributed by atoms with van der Waals surface area (Å²) in [5, 5.41) is 0. The fourth-order valence-corrected chi connectivity index (χ4v) is 3.40. The van der Waals surface area contributed by atoms with Crippen LogP contribution in [0.4, 0.5) is 0 Å². The second-order valence-electron chi connectivity index (χ2n) is 5.63. The molecule has 18 heavy (non-hydrogen) atoms. The van der Waals surface area contributed by atoms with Gasteiger partial charge in [-0.25, -0.2) is 0 Å². The number of fused-ring (bicyclic) bond motifs is 2. The molecular formula is C15H20N2O. The second kappa shape index (κ2) is 4.81. The SMILES string of the molecule is Cc1cccc(CN2C3CCCC2CC(=O)C3)n1. The number of hydrogen-bond donors (Lipinski definition) is 0. The monoisotopic (exact) mass is 244 g/mol. The summed E-state index contributed by atoms with van der Waals surface area (Å²) in [5.41, 5.74) is 2.21. The van der Waals surface area contributed by atoms with E-state index in [4.69, 9.17) is 0 Å². The van der Waals surface area contributed by atoms with Crippen molar-refractivity contribution in [2.45, 2.75) is 57.7 Å². The van der Waals surface area contributed by atoms with Gasteiger partial charge in [-0.15, -0.1) is 0 Å². The molecule has 2 atom stereocenters. The number of pyridine rings is 1. The van der Waals surface area contributed by atoms with Crippen molar-refractivity contribution in [1.82, 2.24) is 9.88 Å². The fraction of sp³-hybridized carbons (Fsp3) is 0.600. The van der Waals surface area contributed by atoms with Gasteiger partial charge in [0.2, 0.25) is 0 Å². The highest BCUT2D eigenvalue weighted by Crippen LogP contribution is 2.33. The first-order valence-electron chi connectivity index (χ1n) is 6.92. The van der Waals surface area contributed by atoms with Crippen molar-refractivity contribution in [3.8, 4) is 0 Å². The Morgan fingerprint density at radius 3 is 2.67 bits per heavy atom.